The van der Waals surface area contributed by atoms with Crippen LogP contribution in [-0.2, 0) is 16.1 Å². The predicted octanol–water partition coefficient (Wildman–Crippen LogP) is 3.04. The topological polar surface area (TPSA) is 26.3 Å². The molecule has 0 N–H and O–H groups in total. The van der Waals surface area contributed by atoms with Crippen LogP contribution >= 0.6 is 11.6 Å². The molecule has 1 aromatic carbocycles. The molecule has 0 aliphatic rings. The van der Waals surface area contributed by atoms with Crippen molar-refractivity contribution in [2.24, 2.45) is 0 Å². The number of rotatable bonds is 7. The highest BCUT2D eigenvalue weighted by molar-refractivity contribution is 6.30. The van der Waals surface area contributed by atoms with E-state index in [0.29, 0.717) is 6.61 Å². The van der Waals surface area contributed by atoms with Gasteiger partial charge in [-0.25, -0.2) is 4.79 Å². The molecule has 0 heterocycles. The lowest BCUT2D eigenvalue weighted by Gasteiger charge is -2.33. The molecule has 0 saturated carbocycles. The van der Waals surface area contributed by atoms with Gasteiger partial charge in [0.2, 0.25) is 0 Å². The number of hydrogen-bond donors (Lipinski definition) is 0. The monoisotopic (exact) mass is 282 g/mol. The molecule has 0 spiro atoms. The Labute approximate surface area is 120 Å². The van der Waals surface area contributed by atoms with E-state index in [1.54, 1.807) is 0 Å². The van der Waals surface area contributed by atoms with Gasteiger partial charge in [0.05, 0.1) is 13.6 Å². The molecule has 0 saturated heterocycles. The Balaban J connectivity index is 2.56. The average Bonchev–Trinajstić information content (AvgIpc) is 2.41. The SMILES string of the molecule is C=CC(=O)OCC[N+](C)(CC)Cc1ccc(Cl)cc1. The largest absolute Gasteiger partial charge is 0.457 e. The smallest absolute Gasteiger partial charge is 0.330 e. The molecule has 0 radical (unpaired) electrons. The average molecular weight is 283 g/mol. The van der Waals surface area contributed by atoms with Gasteiger partial charge in [-0.1, -0.05) is 30.3 Å². The molecule has 0 bridgehead atoms. The highest BCUT2D eigenvalue weighted by Crippen LogP contribution is 2.15. The Hall–Kier alpha value is -1.32. The van der Waals surface area contributed by atoms with Crippen LogP contribution in [0.4, 0.5) is 0 Å². The van der Waals surface area contributed by atoms with Crippen molar-refractivity contribution in [2.45, 2.75) is 13.5 Å². The van der Waals surface area contributed by atoms with E-state index in [-0.39, 0.29) is 5.97 Å². The van der Waals surface area contributed by atoms with Gasteiger partial charge in [0.1, 0.15) is 19.7 Å². The normalized spacial score (nSPS) is 13.6. The van der Waals surface area contributed by atoms with Crippen molar-refractivity contribution in [1.82, 2.24) is 0 Å². The molecular formula is C15H21ClNO2+. The van der Waals surface area contributed by atoms with Crippen LogP contribution in [0.15, 0.2) is 36.9 Å². The van der Waals surface area contributed by atoms with Gasteiger partial charge in [0, 0.05) is 16.7 Å². The first-order chi connectivity index (χ1) is 8.99. The van der Waals surface area contributed by atoms with Crippen molar-refractivity contribution in [2.75, 3.05) is 26.7 Å². The van der Waals surface area contributed by atoms with E-state index in [2.05, 4.69) is 20.6 Å². The molecule has 104 valence electrons. The first kappa shape index (κ1) is 15.7. The molecule has 3 nitrogen and oxygen atoms in total. The van der Waals surface area contributed by atoms with Gasteiger partial charge in [-0.15, -0.1) is 0 Å². The molecule has 0 amide bonds. The highest BCUT2D eigenvalue weighted by atomic mass is 35.5. The van der Waals surface area contributed by atoms with Crippen LogP contribution in [0.5, 0.6) is 0 Å². The van der Waals surface area contributed by atoms with Gasteiger partial charge < -0.3 is 9.22 Å². The Morgan fingerprint density at radius 3 is 2.58 bits per heavy atom. The lowest BCUT2D eigenvalue weighted by Crippen LogP contribution is -2.45. The van der Waals surface area contributed by atoms with Crippen LogP contribution in [0.25, 0.3) is 0 Å². The maximum atomic E-state index is 11.0. The molecular weight excluding hydrogens is 262 g/mol. The van der Waals surface area contributed by atoms with Gasteiger partial charge in [-0.3, -0.25) is 0 Å². The minimum atomic E-state index is -0.367. The lowest BCUT2D eigenvalue weighted by atomic mass is 10.2. The predicted molar refractivity (Wildman–Crippen MR) is 77.9 cm³/mol. The Bertz CT molecular complexity index is 430. The summed E-state index contributed by atoms with van der Waals surface area (Å²) in [5.41, 5.74) is 1.23. The second-order valence-corrected chi connectivity index (χ2v) is 5.25. The van der Waals surface area contributed by atoms with Crippen LogP contribution in [0.2, 0.25) is 5.02 Å². The molecule has 1 atom stereocenters. The Morgan fingerprint density at radius 2 is 2.05 bits per heavy atom. The fourth-order valence-corrected chi connectivity index (χ4v) is 1.93. The minimum Gasteiger partial charge on any atom is -0.457 e. The summed E-state index contributed by atoms with van der Waals surface area (Å²) in [4.78, 5) is 11.0. The number of esters is 1. The Morgan fingerprint density at radius 1 is 1.42 bits per heavy atom. The van der Waals surface area contributed by atoms with Crippen LogP contribution < -0.4 is 0 Å². The van der Waals surface area contributed by atoms with E-state index in [1.165, 1.54) is 11.6 Å². The zero-order valence-electron chi connectivity index (χ0n) is 11.6. The van der Waals surface area contributed by atoms with Gasteiger partial charge in [0.25, 0.3) is 0 Å². The first-order valence-corrected chi connectivity index (χ1v) is 6.74. The highest BCUT2D eigenvalue weighted by Gasteiger charge is 2.20. The first-order valence-electron chi connectivity index (χ1n) is 6.36. The quantitative estimate of drug-likeness (QED) is 0.436. The second-order valence-electron chi connectivity index (χ2n) is 4.82. The van der Waals surface area contributed by atoms with Gasteiger partial charge >= 0.3 is 5.97 Å². The fraction of sp³-hybridized carbons (Fsp3) is 0.400. The molecule has 1 aromatic rings. The van der Waals surface area contributed by atoms with E-state index >= 15 is 0 Å². The van der Waals surface area contributed by atoms with Crippen molar-refractivity contribution in [1.29, 1.82) is 0 Å². The molecule has 19 heavy (non-hydrogen) atoms. The third-order valence-corrected chi connectivity index (χ3v) is 3.54. The summed E-state index contributed by atoms with van der Waals surface area (Å²) in [5.74, 6) is -0.367. The summed E-state index contributed by atoms with van der Waals surface area (Å²) < 4.78 is 5.86. The van der Waals surface area contributed by atoms with Crippen molar-refractivity contribution in [3.05, 3.63) is 47.5 Å². The maximum Gasteiger partial charge on any atom is 0.330 e. The van der Waals surface area contributed by atoms with E-state index in [0.717, 1.165) is 29.1 Å². The van der Waals surface area contributed by atoms with Gasteiger partial charge in [-0.2, -0.15) is 0 Å². The summed E-state index contributed by atoms with van der Waals surface area (Å²) >= 11 is 5.88. The number of nitrogens with zero attached hydrogens (tertiary/aromatic N) is 1. The molecule has 0 fully saturated rings. The number of likely N-dealkylation sites (N-methyl/N-ethyl adjacent to an activating group) is 1. The number of halogens is 1. The summed E-state index contributed by atoms with van der Waals surface area (Å²) in [6.07, 6.45) is 1.19. The summed E-state index contributed by atoms with van der Waals surface area (Å²) in [6.45, 7) is 8.55. The van der Waals surface area contributed by atoms with E-state index in [9.17, 15) is 4.79 Å². The van der Waals surface area contributed by atoms with E-state index in [1.807, 2.05) is 24.3 Å². The number of benzene rings is 1. The fourth-order valence-electron chi connectivity index (χ4n) is 1.81. The molecule has 1 unspecified atom stereocenters. The summed E-state index contributed by atoms with van der Waals surface area (Å²) in [6, 6.07) is 7.86. The number of carbonyl (C=O) groups excluding carboxylic acids is 1. The zero-order valence-corrected chi connectivity index (χ0v) is 12.3. The third kappa shape index (κ3) is 5.45. The van der Waals surface area contributed by atoms with Gasteiger partial charge in [0.15, 0.2) is 0 Å². The van der Waals surface area contributed by atoms with E-state index < -0.39 is 0 Å². The van der Waals surface area contributed by atoms with Crippen molar-refractivity contribution >= 4 is 17.6 Å². The molecule has 0 aliphatic heterocycles. The minimum absolute atomic E-state index is 0.367. The van der Waals surface area contributed by atoms with Crippen molar-refractivity contribution in [3.63, 3.8) is 0 Å². The molecule has 1 rings (SSSR count). The van der Waals surface area contributed by atoms with E-state index in [4.69, 9.17) is 16.3 Å². The lowest BCUT2D eigenvalue weighted by molar-refractivity contribution is -0.921. The number of carbonyl (C=O) groups is 1. The van der Waals surface area contributed by atoms with Crippen LogP contribution in [-0.4, -0.2) is 37.2 Å². The maximum absolute atomic E-state index is 11.0. The zero-order chi connectivity index (χ0) is 14.3. The summed E-state index contributed by atoms with van der Waals surface area (Å²) in [5, 5.41) is 0.745. The molecule has 0 aliphatic carbocycles. The molecule has 4 heteroatoms. The van der Waals surface area contributed by atoms with Crippen molar-refractivity contribution in [3.8, 4) is 0 Å². The second kappa shape index (κ2) is 7.31. The van der Waals surface area contributed by atoms with Crippen molar-refractivity contribution < 1.29 is 14.0 Å². The van der Waals surface area contributed by atoms with Crippen LogP contribution in [0.1, 0.15) is 12.5 Å². The summed E-state index contributed by atoms with van der Waals surface area (Å²) in [7, 11) is 2.15. The van der Waals surface area contributed by atoms with Crippen LogP contribution in [0, 0.1) is 0 Å². The van der Waals surface area contributed by atoms with Crippen LogP contribution in [0.3, 0.4) is 0 Å². The third-order valence-electron chi connectivity index (χ3n) is 3.28. The standard InChI is InChI=1S/C15H21ClNO2/c1-4-15(18)19-11-10-17(3,5-2)12-13-6-8-14(16)9-7-13/h4,6-9H,1,5,10-12H2,2-3H3/q+1. The number of ether oxygens (including phenoxy) is 1. The number of quaternary nitrogens is 1. The number of hydrogen-bond acceptors (Lipinski definition) is 2. The Kier molecular flexibility index (Phi) is 6.06. The molecule has 0 aromatic heterocycles. The van der Waals surface area contributed by atoms with Gasteiger partial charge in [-0.05, 0) is 19.1 Å².